The fourth-order valence-corrected chi connectivity index (χ4v) is 3.56. The Morgan fingerprint density at radius 2 is 1.80 bits per heavy atom. The summed E-state index contributed by atoms with van der Waals surface area (Å²) in [6.45, 7) is 9.71. The zero-order chi connectivity index (χ0) is 21.7. The minimum atomic E-state index is -0.531. The van der Waals surface area contributed by atoms with Crippen LogP contribution in [0.1, 0.15) is 13.8 Å². The van der Waals surface area contributed by atoms with Crippen LogP contribution in [0, 0.1) is 5.82 Å². The average Bonchev–Trinajstić information content (AvgIpc) is 2.73. The number of benzene rings is 1. The van der Waals surface area contributed by atoms with Crippen molar-refractivity contribution in [1.82, 2.24) is 14.8 Å². The summed E-state index contributed by atoms with van der Waals surface area (Å²) in [5.41, 5.74) is 0.932. The molecule has 1 aliphatic rings. The first-order valence-electron chi connectivity index (χ1n) is 10.2. The molecular weight excluding hydrogens is 412 g/mol. The van der Waals surface area contributed by atoms with E-state index in [0.717, 1.165) is 0 Å². The van der Waals surface area contributed by atoms with Gasteiger partial charge in [-0.25, -0.2) is 14.4 Å². The number of ether oxygens (including phenoxy) is 2. The number of hydrogen-bond acceptors (Lipinski definition) is 8. The van der Waals surface area contributed by atoms with Crippen molar-refractivity contribution in [2.75, 3.05) is 56.2 Å². The molecule has 0 saturated carbocycles. The molecule has 1 saturated heterocycles. The van der Waals surface area contributed by atoms with Crippen LogP contribution in [0.3, 0.4) is 0 Å². The van der Waals surface area contributed by atoms with Gasteiger partial charge in [0.15, 0.2) is 17.9 Å². The number of rotatable bonds is 9. The van der Waals surface area contributed by atoms with Gasteiger partial charge in [-0.1, -0.05) is 11.6 Å². The summed E-state index contributed by atoms with van der Waals surface area (Å²) in [5, 5.41) is 13.1. The van der Waals surface area contributed by atoms with E-state index in [9.17, 15) is 9.41 Å². The molecule has 30 heavy (non-hydrogen) atoms. The van der Waals surface area contributed by atoms with Gasteiger partial charge >= 0.3 is 7.05 Å². The average molecular weight is 440 g/mol. The molecule has 164 valence electrons. The zero-order valence-corrected chi connectivity index (χ0v) is 18.3. The van der Waals surface area contributed by atoms with Gasteiger partial charge in [0.25, 0.3) is 0 Å². The van der Waals surface area contributed by atoms with E-state index in [1.165, 1.54) is 12.1 Å². The van der Waals surface area contributed by atoms with Gasteiger partial charge in [0.05, 0.1) is 22.6 Å². The fraction of sp³-hybridized carbons (Fsp3) is 0.579. The van der Waals surface area contributed by atoms with E-state index >= 15 is 0 Å². The molecular formula is C19H28BClFN5O3. The lowest BCUT2D eigenvalue weighted by atomic mass is 9.84. The summed E-state index contributed by atoms with van der Waals surface area (Å²) in [6.07, 6.45) is -0.422. The largest absolute Gasteiger partial charge is 0.437 e. The van der Waals surface area contributed by atoms with Crippen molar-refractivity contribution in [3.8, 4) is 0 Å². The van der Waals surface area contributed by atoms with Gasteiger partial charge in [0.1, 0.15) is 5.82 Å². The lowest BCUT2D eigenvalue weighted by Crippen LogP contribution is -2.51. The number of aromatic nitrogens is 2. The van der Waals surface area contributed by atoms with Gasteiger partial charge < -0.3 is 29.5 Å². The van der Waals surface area contributed by atoms with Gasteiger partial charge in [-0.05, 0) is 26.7 Å². The molecule has 1 aromatic carbocycles. The van der Waals surface area contributed by atoms with Gasteiger partial charge in [0.2, 0.25) is 0 Å². The van der Waals surface area contributed by atoms with Crippen molar-refractivity contribution in [2.45, 2.75) is 27.0 Å². The van der Waals surface area contributed by atoms with Crippen molar-refractivity contribution >= 4 is 41.3 Å². The summed E-state index contributed by atoms with van der Waals surface area (Å²) in [5.74, 6) is 0.651. The third-order valence-corrected chi connectivity index (χ3v) is 5.26. The molecule has 8 nitrogen and oxygen atoms in total. The summed E-state index contributed by atoms with van der Waals surface area (Å²) < 4.78 is 25.2. The second kappa shape index (κ2) is 10.5. The second-order valence-electron chi connectivity index (χ2n) is 7.03. The molecule has 0 radical (unpaired) electrons. The molecule has 0 atom stereocenters. The highest BCUT2D eigenvalue weighted by Crippen LogP contribution is 2.29. The van der Waals surface area contributed by atoms with Crippen molar-refractivity contribution in [1.29, 1.82) is 0 Å². The molecule has 1 aliphatic heterocycles. The molecule has 2 aromatic rings. The maximum atomic E-state index is 14.0. The number of fused-ring (bicyclic) bond motifs is 1. The number of nitrogens with zero attached hydrogens (tertiary/aromatic N) is 4. The predicted octanol–water partition coefficient (Wildman–Crippen LogP) is 2.47. The number of anilines is 2. The summed E-state index contributed by atoms with van der Waals surface area (Å²) >= 11 is 5.94. The van der Waals surface area contributed by atoms with Crippen LogP contribution in [0.5, 0.6) is 0 Å². The topological polar surface area (TPSA) is 83.0 Å². The molecule has 1 aromatic heterocycles. The molecule has 0 aliphatic carbocycles. The molecule has 2 N–H and O–H groups in total. The van der Waals surface area contributed by atoms with Crippen LogP contribution in [0.2, 0.25) is 11.8 Å². The Morgan fingerprint density at radius 1 is 1.17 bits per heavy atom. The van der Waals surface area contributed by atoms with Crippen LogP contribution in [0.4, 0.5) is 16.0 Å². The highest BCUT2D eigenvalue weighted by molar-refractivity contribution is 6.45. The monoisotopic (exact) mass is 439 g/mol. The third-order valence-electron chi connectivity index (χ3n) is 4.97. The number of piperazine rings is 1. The van der Waals surface area contributed by atoms with Crippen molar-refractivity contribution in [3.63, 3.8) is 0 Å². The van der Waals surface area contributed by atoms with Gasteiger partial charge in [0, 0.05) is 45.5 Å². The van der Waals surface area contributed by atoms with Crippen molar-refractivity contribution in [3.05, 3.63) is 23.0 Å². The van der Waals surface area contributed by atoms with Gasteiger partial charge in [-0.3, -0.25) is 0 Å². The first kappa shape index (κ1) is 23.0. The number of nitrogens with one attached hydrogen (secondary N) is 1. The molecule has 1 fully saturated rings. The summed E-state index contributed by atoms with van der Waals surface area (Å²) in [6, 6.07) is 2.77. The van der Waals surface area contributed by atoms with E-state index in [-0.39, 0.29) is 5.02 Å². The zero-order valence-electron chi connectivity index (χ0n) is 17.6. The lowest BCUT2D eigenvalue weighted by molar-refractivity contribution is -0.126. The molecule has 0 unspecified atom stereocenters. The minimum absolute atomic E-state index is 0.00237. The summed E-state index contributed by atoms with van der Waals surface area (Å²) in [4.78, 5) is 13.4. The SMILES string of the molecule is CCOC(CNc1nc2cc(Cl)c(F)cc2nc1N1CCN(B(C)O)CC1)OCC. The Hall–Kier alpha value is -1.72. The van der Waals surface area contributed by atoms with Crippen molar-refractivity contribution in [2.24, 2.45) is 0 Å². The summed E-state index contributed by atoms with van der Waals surface area (Å²) in [7, 11) is -0.498. The number of halogens is 2. The molecule has 0 spiro atoms. The number of hydrogen-bond donors (Lipinski definition) is 2. The second-order valence-corrected chi connectivity index (χ2v) is 7.43. The first-order chi connectivity index (χ1) is 14.4. The smallest absolute Gasteiger partial charge is 0.376 e. The Bertz CT molecular complexity index is 849. The third kappa shape index (κ3) is 5.50. The van der Waals surface area contributed by atoms with E-state index in [2.05, 4.69) is 20.2 Å². The lowest BCUT2D eigenvalue weighted by Gasteiger charge is -2.36. The normalized spacial score (nSPS) is 15.2. The standard InChI is InChI=1S/C19H28BClFN5O3/c1-4-29-17(30-5-2)12-23-18-19(26-6-8-27(9-7-26)20(3)28)25-16-11-14(22)13(21)10-15(16)24-18/h10-11,17,28H,4-9,12H2,1-3H3,(H,23,24). The van der Waals surface area contributed by atoms with E-state index in [0.29, 0.717) is 68.6 Å². The molecule has 3 rings (SSSR count). The van der Waals surface area contributed by atoms with Crippen LogP contribution < -0.4 is 10.2 Å². The maximum Gasteiger partial charge on any atom is 0.376 e. The highest BCUT2D eigenvalue weighted by atomic mass is 35.5. The molecule has 2 heterocycles. The van der Waals surface area contributed by atoms with E-state index in [1.807, 2.05) is 18.7 Å². The minimum Gasteiger partial charge on any atom is -0.437 e. The Morgan fingerprint density at radius 3 is 2.40 bits per heavy atom. The van der Waals surface area contributed by atoms with E-state index < -0.39 is 19.2 Å². The van der Waals surface area contributed by atoms with Crippen LogP contribution in [0.15, 0.2) is 12.1 Å². The quantitative estimate of drug-likeness (QED) is 0.455. The van der Waals surface area contributed by atoms with E-state index in [4.69, 9.17) is 21.1 Å². The van der Waals surface area contributed by atoms with Crippen LogP contribution in [-0.4, -0.2) is 79.1 Å². The molecule has 0 amide bonds. The Labute approximate surface area is 181 Å². The maximum absolute atomic E-state index is 14.0. The van der Waals surface area contributed by atoms with Crippen LogP contribution >= 0.6 is 11.6 Å². The highest BCUT2D eigenvalue weighted by Gasteiger charge is 2.26. The van der Waals surface area contributed by atoms with Gasteiger partial charge in [-0.15, -0.1) is 0 Å². The van der Waals surface area contributed by atoms with Crippen LogP contribution in [0.25, 0.3) is 11.0 Å². The predicted molar refractivity (Wildman–Crippen MR) is 118 cm³/mol. The molecule has 0 bridgehead atoms. The van der Waals surface area contributed by atoms with Gasteiger partial charge in [-0.2, -0.15) is 0 Å². The van der Waals surface area contributed by atoms with E-state index in [1.54, 1.807) is 6.82 Å². The Balaban J connectivity index is 1.90. The van der Waals surface area contributed by atoms with Crippen molar-refractivity contribution < 1.29 is 18.9 Å². The fourth-order valence-electron chi connectivity index (χ4n) is 3.41. The molecule has 11 heteroatoms. The van der Waals surface area contributed by atoms with Crippen LogP contribution in [-0.2, 0) is 9.47 Å². The first-order valence-corrected chi connectivity index (χ1v) is 10.6. The Kier molecular flexibility index (Phi) is 8.07.